The zero-order valence-corrected chi connectivity index (χ0v) is 81.6. The van der Waals surface area contributed by atoms with E-state index in [1.165, 1.54) is 106 Å². The van der Waals surface area contributed by atoms with E-state index in [1.807, 2.05) is 108 Å². The summed E-state index contributed by atoms with van der Waals surface area (Å²) in [7, 11) is 4.15. The van der Waals surface area contributed by atoms with E-state index in [2.05, 4.69) is 423 Å². The van der Waals surface area contributed by atoms with Gasteiger partial charge in [-0.15, -0.1) is 63.5 Å². The van der Waals surface area contributed by atoms with Crippen LogP contribution in [0, 0.1) is 85.2 Å². The van der Waals surface area contributed by atoms with Gasteiger partial charge in [-0.05, 0) is 165 Å². The van der Waals surface area contributed by atoms with E-state index in [-0.39, 0.29) is 101 Å². The standard InChI is InChI=1S/2C26H20N2.C23H19N2.2C17H15N2.5Ir/c1-27-19-28(26-13-6-5-12-25(26)27)24-11-7-10-23(18-24)22-16-14-21(15-17-22)20-8-3-2-4-9-20;1-27-19-28(26-10-6-5-9-25(26)27)24-17-15-23(16-18-24)22-13-11-21(12-14-22)20-7-3-2-4-8-20;1-17-15-18(2)25(24-17)23-10-6-9-22(16-23)21-13-11-20(12-14-21)19-7-4-3-5-8-19;1-13-12-14(2)19(18-13)17-11-7-6-10-16(17)15-8-4-3-5-9-15;1-13-11-14(2)19(18-13)17-10-6-9-16(12-17)15-7-4-3-5-8-15;;;;;/h2-10,12-19H,1H3;2-17,19H,1H3;3-9,11-16H,1-2H3;3-10,12H,1-2H3;3-9,11-12H,1-2H3;;;;;/q2*-2;3*-1;;;;;. The number of aromatic nitrogens is 6. The summed E-state index contributed by atoms with van der Waals surface area (Å²) < 4.78 is 5.83. The fourth-order valence-corrected chi connectivity index (χ4v) is 15.1. The number of fused-ring (bicyclic) bond motifs is 2. The van der Waals surface area contributed by atoms with E-state index in [4.69, 9.17) is 0 Å². The molecule has 5 heterocycles. The summed E-state index contributed by atoms with van der Waals surface area (Å²) in [5, 5.41) is 13.6. The second-order valence-corrected chi connectivity index (χ2v) is 29.5. The zero-order chi connectivity index (χ0) is 81.6. The molecular formula is C109H89Ir5N10-7. The Morgan fingerprint density at radius 1 is 0.226 bits per heavy atom. The van der Waals surface area contributed by atoms with Crippen molar-refractivity contribution in [1.82, 2.24) is 29.3 Å². The van der Waals surface area contributed by atoms with E-state index in [1.54, 1.807) is 0 Å². The first kappa shape index (κ1) is 93.1. The Bertz CT molecular complexity index is 6410. The van der Waals surface area contributed by atoms with Crippen LogP contribution in [0.1, 0.15) is 34.2 Å². The molecule has 15 heteroatoms. The quantitative estimate of drug-likeness (QED) is 0.107. The van der Waals surface area contributed by atoms with E-state index in [9.17, 15) is 0 Å². The number of hydrogen-bond acceptors (Lipinski definition) is 7. The Balaban J connectivity index is 0.000000151. The van der Waals surface area contributed by atoms with Crippen molar-refractivity contribution in [1.29, 1.82) is 0 Å². The number of hydrogen-bond donors (Lipinski definition) is 0. The molecule has 124 heavy (non-hydrogen) atoms. The van der Waals surface area contributed by atoms with Crippen LogP contribution in [0.3, 0.4) is 0 Å². The second-order valence-electron chi connectivity index (χ2n) is 29.5. The summed E-state index contributed by atoms with van der Waals surface area (Å²) in [4.78, 5) is 8.65. The molecule has 0 saturated carbocycles. The van der Waals surface area contributed by atoms with Crippen LogP contribution < -0.4 is 19.6 Å². The first-order valence-electron chi connectivity index (χ1n) is 40.0. The Morgan fingerprint density at radius 2 is 0.516 bits per heavy atom. The predicted octanol–water partition coefficient (Wildman–Crippen LogP) is 26.6. The third-order valence-corrected chi connectivity index (χ3v) is 21.0. The van der Waals surface area contributed by atoms with Gasteiger partial charge in [-0.2, -0.15) is 126 Å². The van der Waals surface area contributed by atoms with E-state index >= 15 is 0 Å². The summed E-state index contributed by atoms with van der Waals surface area (Å²) >= 11 is 0. The molecule has 0 saturated heterocycles. The van der Waals surface area contributed by atoms with Gasteiger partial charge in [-0.3, -0.25) is 14.0 Å². The maximum atomic E-state index is 4.55. The molecule has 18 aromatic rings. The fourth-order valence-electron chi connectivity index (χ4n) is 15.1. The Morgan fingerprint density at radius 3 is 0.871 bits per heavy atom. The Kier molecular flexibility index (Phi) is 33.1. The first-order valence-corrected chi connectivity index (χ1v) is 40.0. The van der Waals surface area contributed by atoms with Crippen molar-refractivity contribution in [2.24, 2.45) is 0 Å². The average Bonchev–Trinajstić information content (AvgIpc) is 1.66. The van der Waals surface area contributed by atoms with Crippen LogP contribution in [0.25, 0.3) is 106 Å². The number of nitrogens with zero attached hydrogens (tertiary/aromatic N) is 10. The number of rotatable bonds is 13. The number of para-hydroxylation sites is 5. The van der Waals surface area contributed by atoms with Crippen molar-refractivity contribution in [3.63, 3.8) is 0 Å². The van der Waals surface area contributed by atoms with Crippen molar-refractivity contribution in [3.05, 3.63) is 460 Å². The number of aryl methyl sites for hydroxylation is 6. The summed E-state index contributed by atoms with van der Waals surface area (Å²) in [6.45, 7) is 16.4. The van der Waals surface area contributed by atoms with Crippen LogP contribution in [0.5, 0.6) is 0 Å². The Labute approximate surface area is 797 Å². The molecule has 0 aliphatic carbocycles. The minimum atomic E-state index is 0. The molecular weight excluding hydrogens is 2410 g/mol. The SMILES string of the molecule is CN1[CH-]N(c2[c-]cc(-c3ccc(-c4ccccc4)cc3)cc2)c2ccccc21.CN1[CH-]N(c2[c-]ccc(-c3ccc(-c4ccccc4)cc3)c2)c2ccccc21.Cc1cc(C)n(-c2[c-]ccc(-c3ccc(-c4ccccc4)cc3)c2)n1.Cc1cc(C)n(-c2[c-]ccc(-c3ccccc3)c2)n1.Cc1cc(C)n(-c2[c-]cccc2-c2ccccc2)n1.[Ir].[Ir].[Ir].[Ir].[Ir]. The van der Waals surface area contributed by atoms with Gasteiger partial charge in [0, 0.05) is 140 Å². The smallest absolute Gasteiger partial charge is 0.0600 e. The minimum absolute atomic E-state index is 0. The largest absolute Gasteiger partial charge is 0.504 e. The number of anilines is 6. The van der Waals surface area contributed by atoms with Crippen molar-refractivity contribution in [2.45, 2.75) is 41.5 Å². The molecule has 0 spiro atoms. The maximum absolute atomic E-state index is 4.55. The van der Waals surface area contributed by atoms with Gasteiger partial charge in [0.2, 0.25) is 0 Å². The predicted molar refractivity (Wildman–Crippen MR) is 492 cm³/mol. The molecule has 0 unspecified atom stereocenters. The van der Waals surface area contributed by atoms with Gasteiger partial charge in [-0.1, -0.05) is 260 Å². The molecule has 0 N–H and O–H groups in total. The van der Waals surface area contributed by atoms with Crippen LogP contribution in [-0.4, -0.2) is 43.4 Å². The maximum Gasteiger partial charge on any atom is 0.0600 e. The fraction of sp³-hybridized carbons (Fsp3) is 0.0734. The van der Waals surface area contributed by atoms with Gasteiger partial charge >= 0.3 is 0 Å². The molecule has 0 fully saturated rings. The third-order valence-electron chi connectivity index (χ3n) is 21.0. The minimum Gasteiger partial charge on any atom is -0.504 e. The molecule has 0 atom stereocenters. The van der Waals surface area contributed by atoms with Crippen molar-refractivity contribution in [2.75, 3.05) is 33.7 Å². The normalized spacial score (nSPS) is 11.3. The van der Waals surface area contributed by atoms with Crippen molar-refractivity contribution < 1.29 is 101 Å². The summed E-state index contributed by atoms with van der Waals surface area (Å²) in [6, 6.07) is 149. The van der Waals surface area contributed by atoms with E-state index in [0.717, 1.165) is 68.2 Å². The summed E-state index contributed by atoms with van der Waals surface area (Å²) in [5.41, 5.74) is 35.5. The summed E-state index contributed by atoms with van der Waals surface area (Å²) in [5.74, 6) is 0. The molecule has 0 bridgehead atoms. The molecule has 0 amide bonds. The first-order chi connectivity index (χ1) is 58.3. The van der Waals surface area contributed by atoms with Crippen LogP contribution >= 0.6 is 0 Å². The average molecular weight is 2500 g/mol. The monoisotopic (exact) mass is 2500 g/mol. The number of benzene rings is 15. The van der Waals surface area contributed by atoms with Crippen LogP contribution in [0.2, 0.25) is 0 Å². The van der Waals surface area contributed by atoms with Crippen LogP contribution in [0.4, 0.5) is 34.1 Å². The van der Waals surface area contributed by atoms with Crippen molar-refractivity contribution >= 4 is 34.1 Å². The van der Waals surface area contributed by atoms with E-state index in [0.29, 0.717) is 0 Å². The van der Waals surface area contributed by atoms with Gasteiger partial charge in [-0.25, -0.2) is 0 Å². The molecule has 15 aromatic carbocycles. The molecule has 2 aliphatic rings. The van der Waals surface area contributed by atoms with Crippen molar-refractivity contribution in [3.8, 4) is 106 Å². The Hall–Kier alpha value is -11.6. The molecule has 3 aromatic heterocycles. The van der Waals surface area contributed by atoms with Gasteiger partial charge in [0.25, 0.3) is 0 Å². The zero-order valence-electron chi connectivity index (χ0n) is 69.7. The molecule has 5 radical (unpaired) electrons. The topological polar surface area (TPSA) is 66.4 Å². The van der Waals surface area contributed by atoms with E-state index < -0.39 is 0 Å². The van der Waals surface area contributed by atoms with Gasteiger partial charge in [0.15, 0.2) is 0 Å². The summed E-state index contributed by atoms with van der Waals surface area (Å²) in [6.07, 6.45) is 0. The molecule has 2 aliphatic heterocycles. The third kappa shape index (κ3) is 22.3. The van der Waals surface area contributed by atoms with Gasteiger partial charge in [0.05, 0.1) is 17.1 Å². The van der Waals surface area contributed by atoms with Gasteiger partial charge in [0.1, 0.15) is 0 Å². The van der Waals surface area contributed by atoms with Crippen LogP contribution in [-0.2, 0) is 101 Å². The molecule has 10 nitrogen and oxygen atoms in total. The van der Waals surface area contributed by atoms with Crippen LogP contribution in [0.15, 0.2) is 382 Å². The molecule has 20 rings (SSSR count). The molecule has 627 valence electrons. The van der Waals surface area contributed by atoms with Gasteiger partial charge < -0.3 is 19.6 Å². The second kappa shape index (κ2) is 44.1.